The molecule has 142 valence electrons. The fourth-order valence-corrected chi connectivity index (χ4v) is 3.60. The van der Waals surface area contributed by atoms with Crippen LogP contribution in [0.2, 0.25) is 0 Å². The van der Waals surface area contributed by atoms with Crippen LogP contribution in [0.25, 0.3) is 0 Å². The number of nitrogens with zero attached hydrogens (tertiary/aromatic N) is 3. The quantitative estimate of drug-likeness (QED) is 0.733. The molecule has 1 amide bonds. The van der Waals surface area contributed by atoms with Gasteiger partial charge in [-0.1, -0.05) is 18.2 Å². The number of hydrogen-bond acceptors (Lipinski definition) is 4. The molecule has 1 aromatic heterocycles. The summed E-state index contributed by atoms with van der Waals surface area (Å²) in [6, 6.07) is 20.0. The predicted octanol–water partition coefficient (Wildman–Crippen LogP) is 4.48. The van der Waals surface area contributed by atoms with Gasteiger partial charge in [0.1, 0.15) is 5.82 Å². The average Bonchev–Trinajstić information content (AvgIpc) is 3.04. The topological polar surface area (TPSA) is 48.5 Å². The van der Waals surface area contributed by atoms with Gasteiger partial charge >= 0.3 is 0 Å². The highest BCUT2D eigenvalue weighted by Crippen LogP contribution is 2.33. The van der Waals surface area contributed by atoms with Crippen molar-refractivity contribution in [3.8, 4) is 0 Å². The Morgan fingerprint density at radius 2 is 1.82 bits per heavy atom. The van der Waals surface area contributed by atoms with Crippen LogP contribution in [0.1, 0.15) is 22.8 Å². The maximum Gasteiger partial charge on any atom is 0.260 e. The molecule has 0 saturated carbocycles. The molecule has 3 aromatic rings. The number of fused-ring (bicyclic) bond motifs is 1. The van der Waals surface area contributed by atoms with Crippen LogP contribution < -0.4 is 15.1 Å². The lowest BCUT2D eigenvalue weighted by molar-refractivity contribution is 0.0981. The summed E-state index contributed by atoms with van der Waals surface area (Å²) in [7, 11) is 4.03. The van der Waals surface area contributed by atoms with Crippen molar-refractivity contribution in [2.45, 2.75) is 19.4 Å². The Morgan fingerprint density at radius 3 is 2.50 bits per heavy atom. The summed E-state index contributed by atoms with van der Waals surface area (Å²) in [6.07, 6.45) is 2.53. The summed E-state index contributed by atoms with van der Waals surface area (Å²) in [5.41, 5.74) is 4.91. The number of benzene rings is 2. The third-order valence-corrected chi connectivity index (χ3v) is 5.09. The van der Waals surface area contributed by atoms with E-state index in [0.29, 0.717) is 11.4 Å². The molecule has 0 radical (unpaired) electrons. The summed E-state index contributed by atoms with van der Waals surface area (Å²) < 4.78 is 0. The van der Waals surface area contributed by atoms with E-state index in [4.69, 9.17) is 0 Å². The number of anilines is 4. The van der Waals surface area contributed by atoms with Crippen molar-refractivity contribution in [1.29, 1.82) is 0 Å². The Bertz CT molecular complexity index is 980. The Morgan fingerprint density at radius 1 is 1.07 bits per heavy atom. The lowest BCUT2D eigenvalue weighted by Gasteiger charge is -2.22. The first-order valence-corrected chi connectivity index (χ1v) is 9.45. The maximum atomic E-state index is 13.1. The summed E-state index contributed by atoms with van der Waals surface area (Å²) in [5.74, 6) is 0.704. The number of carbonyl (C=O) groups is 1. The monoisotopic (exact) mass is 372 g/mol. The Balaban J connectivity index is 1.49. The van der Waals surface area contributed by atoms with E-state index in [0.717, 1.165) is 23.5 Å². The van der Waals surface area contributed by atoms with Gasteiger partial charge in [0.05, 0.1) is 5.56 Å². The van der Waals surface area contributed by atoms with E-state index in [9.17, 15) is 4.79 Å². The van der Waals surface area contributed by atoms with Crippen molar-refractivity contribution in [3.05, 3.63) is 78.0 Å². The van der Waals surface area contributed by atoms with Gasteiger partial charge in [-0.15, -0.1) is 0 Å². The van der Waals surface area contributed by atoms with Gasteiger partial charge in [-0.3, -0.25) is 4.79 Å². The minimum absolute atomic E-state index is 0.00756. The molecule has 1 N–H and O–H groups in total. The van der Waals surface area contributed by atoms with Crippen LogP contribution in [0.3, 0.4) is 0 Å². The zero-order chi connectivity index (χ0) is 19.7. The van der Waals surface area contributed by atoms with Crippen LogP contribution in [0.15, 0.2) is 66.9 Å². The van der Waals surface area contributed by atoms with Crippen molar-refractivity contribution < 1.29 is 4.79 Å². The van der Waals surface area contributed by atoms with Crippen LogP contribution >= 0.6 is 0 Å². The molecule has 28 heavy (non-hydrogen) atoms. The standard InChI is InChI=1S/C23H24N4O/c1-16-14-17-6-4-5-7-21(17)27(16)23(28)18-8-13-22(24-15-18)25-19-9-11-20(12-10-19)26(2)3/h4-13,15-16H,14H2,1-3H3,(H,24,25). The van der Waals surface area contributed by atoms with Crippen molar-refractivity contribution in [2.75, 3.05) is 29.2 Å². The average molecular weight is 372 g/mol. The molecule has 0 saturated heterocycles. The van der Waals surface area contributed by atoms with E-state index in [1.54, 1.807) is 6.20 Å². The van der Waals surface area contributed by atoms with Crippen LogP contribution in [0, 0.1) is 0 Å². The van der Waals surface area contributed by atoms with E-state index < -0.39 is 0 Å². The summed E-state index contributed by atoms with van der Waals surface area (Å²) in [5, 5.41) is 3.28. The number of aromatic nitrogens is 1. The summed E-state index contributed by atoms with van der Waals surface area (Å²) in [6.45, 7) is 2.08. The fourth-order valence-electron chi connectivity index (χ4n) is 3.60. The highest BCUT2D eigenvalue weighted by atomic mass is 16.2. The van der Waals surface area contributed by atoms with Gasteiger partial charge < -0.3 is 15.1 Å². The fraction of sp³-hybridized carbons (Fsp3) is 0.217. The Kier molecular flexibility index (Phi) is 4.74. The molecule has 2 aromatic carbocycles. The second-order valence-electron chi connectivity index (χ2n) is 7.36. The number of para-hydroxylation sites is 1. The largest absolute Gasteiger partial charge is 0.378 e. The number of hydrogen-bond donors (Lipinski definition) is 1. The van der Waals surface area contributed by atoms with Crippen LogP contribution in [0.5, 0.6) is 0 Å². The van der Waals surface area contributed by atoms with E-state index in [2.05, 4.69) is 28.2 Å². The first-order chi connectivity index (χ1) is 13.5. The number of carbonyl (C=O) groups excluding carboxylic acids is 1. The third-order valence-electron chi connectivity index (χ3n) is 5.09. The lowest BCUT2D eigenvalue weighted by Crippen LogP contribution is -2.35. The van der Waals surface area contributed by atoms with E-state index in [1.165, 1.54) is 5.56 Å². The molecule has 1 unspecified atom stereocenters. The molecule has 2 heterocycles. The van der Waals surface area contributed by atoms with Gasteiger partial charge in [0.25, 0.3) is 5.91 Å². The molecule has 0 fully saturated rings. The molecule has 5 nitrogen and oxygen atoms in total. The van der Waals surface area contributed by atoms with Crippen LogP contribution in [-0.2, 0) is 6.42 Å². The molecule has 1 aliphatic rings. The summed E-state index contributed by atoms with van der Waals surface area (Å²) >= 11 is 0. The van der Waals surface area contributed by atoms with Gasteiger partial charge in [-0.2, -0.15) is 0 Å². The van der Waals surface area contributed by atoms with Crippen LogP contribution in [0.4, 0.5) is 22.9 Å². The first kappa shape index (κ1) is 18.0. The molecule has 5 heteroatoms. The van der Waals surface area contributed by atoms with E-state index >= 15 is 0 Å². The Labute approximate surface area is 165 Å². The maximum absolute atomic E-state index is 13.1. The molecule has 4 rings (SSSR count). The highest BCUT2D eigenvalue weighted by Gasteiger charge is 2.31. The number of nitrogens with one attached hydrogen (secondary N) is 1. The van der Waals surface area contributed by atoms with Gasteiger partial charge in [0, 0.05) is 43.4 Å². The number of amides is 1. The highest BCUT2D eigenvalue weighted by molar-refractivity contribution is 6.07. The molecule has 0 bridgehead atoms. The van der Waals surface area contributed by atoms with Gasteiger partial charge in [0.2, 0.25) is 0 Å². The van der Waals surface area contributed by atoms with Crippen molar-refractivity contribution in [2.24, 2.45) is 0 Å². The summed E-state index contributed by atoms with van der Waals surface area (Å²) in [4.78, 5) is 21.4. The molecular weight excluding hydrogens is 348 g/mol. The van der Waals surface area contributed by atoms with Gasteiger partial charge in [-0.05, 0) is 61.4 Å². The molecule has 1 aliphatic heterocycles. The zero-order valence-corrected chi connectivity index (χ0v) is 16.4. The Hall–Kier alpha value is -3.34. The second-order valence-corrected chi connectivity index (χ2v) is 7.36. The number of rotatable bonds is 4. The smallest absolute Gasteiger partial charge is 0.260 e. The first-order valence-electron chi connectivity index (χ1n) is 9.45. The molecule has 0 aliphatic carbocycles. The minimum Gasteiger partial charge on any atom is -0.378 e. The van der Waals surface area contributed by atoms with Crippen molar-refractivity contribution in [1.82, 2.24) is 4.98 Å². The van der Waals surface area contributed by atoms with E-state index in [-0.39, 0.29) is 11.9 Å². The van der Waals surface area contributed by atoms with Gasteiger partial charge in [-0.25, -0.2) is 4.98 Å². The molecule has 0 spiro atoms. The van der Waals surface area contributed by atoms with Crippen molar-refractivity contribution in [3.63, 3.8) is 0 Å². The number of pyridine rings is 1. The molecule has 1 atom stereocenters. The normalized spacial score (nSPS) is 15.2. The zero-order valence-electron chi connectivity index (χ0n) is 16.4. The van der Waals surface area contributed by atoms with Crippen molar-refractivity contribution >= 4 is 28.8 Å². The SMILES string of the molecule is CC1Cc2ccccc2N1C(=O)c1ccc(Nc2ccc(N(C)C)cc2)nc1. The van der Waals surface area contributed by atoms with Crippen LogP contribution in [-0.4, -0.2) is 31.0 Å². The third kappa shape index (κ3) is 3.43. The predicted molar refractivity (Wildman–Crippen MR) is 115 cm³/mol. The lowest BCUT2D eigenvalue weighted by atomic mass is 10.1. The second kappa shape index (κ2) is 7.35. The molecular formula is C23H24N4O. The van der Waals surface area contributed by atoms with Gasteiger partial charge in [0.15, 0.2) is 0 Å². The minimum atomic E-state index is -0.00756. The van der Waals surface area contributed by atoms with E-state index in [1.807, 2.05) is 73.6 Å².